The lowest BCUT2D eigenvalue weighted by Gasteiger charge is -2.14. The minimum absolute atomic E-state index is 0.218. The Kier molecular flexibility index (Phi) is 3.59. The largest absolute Gasteiger partial charge is 0.348 e. The van der Waals surface area contributed by atoms with E-state index in [0.717, 1.165) is 5.69 Å². The molecule has 6 heteroatoms. The molecule has 0 bridgehead atoms. The maximum atomic E-state index is 10.9. The highest BCUT2D eigenvalue weighted by Gasteiger charge is 2.17. The van der Waals surface area contributed by atoms with Crippen LogP contribution in [-0.4, -0.2) is 29.9 Å². The molecular formula is C12H11Cl2N3O. The van der Waals surface area contributed by atoms with Crippen LogP contribution in [0.4, 0.5) is 5.95 Å². The number of aromatic nitrogens is 2. The topological polar surface area (TPSA) is 38.1 Å². The first-order valence-corrected chi connectivity index (χ1v) is 5.97. The molecule has 2 rings (SSSR count). The molecule has 1 aromatic carbocycles. The summed E-state index contributed by atoms with van der Waals surface area (Å²) >= 11 is 12.0. The Balaban J connectivity index is 2.64. The summed E-state index contributed by atoms with van der Waals surface area (Å²) in [4.78, 5) is 16.9. The van der Waals surface area contributed by atoms with E-state index in [2.05, 4.69) is 4.98 Å². The van der Waals surface area contributed by atoms with E-state index in [1.165, 1.54) is 0 Å². The molecule has 94 valence electrons. The number of nitrogens with zero attached hydrogens (tertiary/aromatic N) is 3. The van der Waals surface area contributed by atoms with E-state index >= 15 is 0 Å². The van der Waals surface area contributed by atoms with Crippen LogP contribution in [-0.2, 0) is 0 Å². The Bertz CT molecular complexity index is 576. The molecule has 2 aromatic rings. The summed E-state index contributed by atoms with van der Waals surface area (Å²) in [5.41, 5.74) is 1.02. The second-order valence-electron chi connectivity index (χ2n) is 3.91. The number of benzene rings is 1. The second-order valence-corrected chi connectivity index (χ2v) is 4.71. The van der Waals surface area contributed by atoms with Gasteiger partial charge in [-0.25, -0.2) is 4.98 Å². The maximum absolute atomic E-state index is 10.9. The van der Waals surface area contributed by atoms with Gasteiger partial charge < -0.3 is 4.90 Å². The van der Waals surface area contributed by atoms with Crippen molar-refractivity contribution in [2.75, 3.05) is 19.0 Å². The van der Waals surface area contributed by atoms with Crippen LogP contribution >= 0.6 is 23.2 Å². The highest BCUT2D eigenvalue weighted by molar-refractivity contribution is 6.32. The third-order valence-electron chi connectivity index (χ3n) is 2.42. The molecule has 0 unspecified atom stereocenters. The molecule has 0 amide bonds. The zero-order valence-electron chi connectivity index (χ0n) is 9.89. The van der Waals surface area contributed by atoms with Crippen molar-refractivity contribution in [2.24, 2.45) is 0 Å². The average molecular weight is 284 g/mol. The predicted octanol–water partition coefficient (Wildman–Crippen LogP) is 3.06. The molecule has 0 aliphatic carbocycles. The van der Waals surface area contributed by atoms with Gasteiger partial charge in [-0.2, -0.15) is 0 Å². The lowest BCUT2D eigenvalue weighted by molar-refractivity contribution is 0.111. The molecule has 0 N–H and O–H groups in total. The van der Waals surface area contributed by atoms with Crippen LogP contribution in [0.15, 0.2) is 24.3 Å². The van der Waals surface area contributed by atoms with Gasteiger partial charge in [0.2, 0.25) is 5.95 Å². The van der Waals surface area contributed by atoms with Crippen molar-refractivity contribution in [1.29, 1.82) is 0 Å². The average Bonchev–Trinajstić information content (AvgIpc) is 2.68. The first-order chi connectivity index (χ1) is 8.54. The number of aldehydes is 1. The fourth-order valence-corrected chi connectivity index (χ4v) is 1.99. The Morgan fingerprint density at radius 2 is 1.83 bits per heavy atom. The molecule has 0 aliphatic heterocycles. The molecule has 1 aromatic heterocycles. The zero-order chi connectivity index (χ0) is 13.3. The number of anilines is 1. The minimum Gasteiger partial charge on any atom is -0.348 e. The number of rotatable bonds is 3. The summed E-state index contributed by atoms with van der Waals surface area (Å²) in [6.07, 6.45) is 0.641. The van der Waals surface area contributed by atoms with Crippen molar-refractivity contribution in [3.63, 3.8) is 0 Å². The molecule has 4 nitrogen and oxygen atoms in total. The summed E-state index contributed by atoms with van der Waals surface area (Å²) in [5, 5.41) is 0.924. The van der Waals surface area contributed by atoms with E-state index in [4.69, 9.17) is 23.2 Å². The normalized spacial score (nSPS) is 10.4. The Labute approximate surface area is 115 Å². The molecule has 0 radical (unpaired) electrons. The summed E-state index contributed by atoms with van der Waals surface area (Å²) in [6.45, 7) is 0. The third kappa shape index (κ3) is 2.21. The van der Waals surface area contributed by atoms with Gasteiger partial charge in [-0.15, -0.1) is 0 Å². The van der Waals surface area contributed by atoms with Crippen LogP contribution in [0.3, 0.4) is 0 Å². The molecule has 1 heterocycles. The van der Waals surface area contributed by atoms with Gasteiger partial charge in [0.25, 0.3) is 0 Å². The van der Waals surface area contributed by atoms with E-state index in [1.807, 2.05) is 26.2 Å². The first-order valence-electron chi connectivity index (χ1n) is 5.21. The minimum atomic E-state index is 0.218. The number of hydrogen-bond acceptors (Lipinski definition) is 3. The number of imidazole rings is 1. The van der Waals surface area contributed by atoms with Gasteiger partial charge in [-0.05, 0) is 24.3 Å². The quantitative estimate of drug-likeness (QED) is 0.813. The van der Waals surface area contributed by atoms with Gasteiger partial charge in [0.15, 0.2) is 6.29 Å². The summed E-state index contributed by atoms with van der Waals surface area (Å²) in [6, 6.07) is 7.15. The number of hydrogen-bond donors (Lipinski definition) is 0. The van der Waals surface area contributed by atoms with Crippen molar-refractivity contribution in [3.8, 4) is 5.69 Å². The van der Waals surface area contributed by atoms with Gasteiger partial charge in [0.1, 0.15) is 10.8 Å². The molecule has 0 saturated heterocycles. The monoisotopic (exact) mass is 283 g/mol. The van der Waals surface area contributed by atoms with Crippen LogP contribution in [0, 0.1) is 0 Å². The van der Waals surface area contributed by atoms with Crippen LogP contribution in [0.1, 0.15) is 10.5 Å². The van der Waals surface area contributed by atoms with E-state index in [1.54, 1.807) is 21.6 Å². The van der Waals surface area contributed by atoms with Gasteiger partial charge in [-0.3, -0.25) is 9.36 Å². The Morgan fingerprint density at radius 1 is 1.22 bits per heavy atom. The fourth-order valence-electron chi connectivity index (χ4n) is 1.60. The van der Waals surface area contributed by atoms with Crippen LogP contribution < -0.4 is 4.90 Å². The zero-order valence-corrected chi connectivity index (χ0v) is 11.4. The molecule has 18 heavy (non-hydrogen) atoms. The molecule has 0 saturated carbocycles. The molecule has 0 spiro atoms. The lowest BCUT2D eigenvalue weighted by Crippen LogP contribution is -2.14. The van der Waals surface area contributed by atoms with Crippen molar-refractivity contribution in [1.82, 2.24) is 9.55 Å². The molecule has 0 aliphatic rings. The van der Waals surface area contributed by atoms with E-state index in [-0.39, 0.29) is 10.8 Å². The highest BCUT2D eigenvalue weighted by atomic mass is 35.5. The molecular weight excluding hydrogens is 273 g/mol. The van der Waals surface area contributed by atoms with E-state index in [0.29, 0.717) is 17.3 Å². The predicted molar refractivity (Wildman–Crippen MR) is 73.3 cm³/mol. The summed E-state index contributed by atoms with van der Waals surface area (Å²) in [7, 11) is 3.67. The lowest BCUT2D eigenvalue weighted by atomic mass is 10.3. The number of carbonyl (C=O) groups is 1. The van der Waals surface area contributed by atoms with Crippen molar-refractivity contribution in [2.45, 2.75) is 0 Å². The van der Waals surface area contributed by atoms with Gasteiger partial charge in [0, 0.05) is 19.1 Å². The standard InChI is InChI=1S/C12H11Cl2N3O/c1-16(2)12-15-10(7-18)11(14)17(12)9-5-3-8(13)4-6-9/h3-7H,1-2H3. The maximum Gasteiger partial charge on any atom is 0.211 e. The van der Waals surface area contributed by atoms with E-state index < -0.39 is 0 Å². The highest BCUT2D eigenvalue weighted by Crippen LogP contribution is 2.27. The van der Waals surface area contributed by atoms with Crippen molar-refractivity contribution in [3.05, 3.63) is 40.1 Å². The number of halogens is 2. The SMILES string of the molecule is CN(C)c1nc(C=O)c(Cl)n1-c1ccc(Cl)cc1. The first kappa shape index (κ1) is 12.9. The van der Waals surface area contributed by atoms with E-state index in [9.17, 15) is 4.79 Å². The van der Waals surface area contributed by atoms with Crippen LogP contribution in [0.25, 0.3) is 5.69 Å². The second kappa shape index (κ2) is 5.00. The van der Waals surface area contributed by atoms with Crippen LogP contribution in [0.5, 0.6) is 0 Å². The van der Waals surface area contributed by atoms with Crippen molar-refractivity contribution >= 4 is 35.4 Å². The van der Waals surface area contributed by atoms with Crippen LogP contribution in [0.2, 0.25) is 10.2 Å². The summed E-state index contributed by atoms with van der Waals surface area (Å²) < 4.78 is 1.70. The molecule has 0 fully saturated rings. The summed E-state index contributed by atoms with van der Waals surface area (Å²) in [5.74, 6) is 0.587. The number of carbonyl (C=O) groups excluding carboxylic acids is 1. The third-order valence-corrected chi connectivity index (χ3v) is 3.04. The smallest absolute Gasteiger partial charge is 0.211 e. The fraction of sp³-hybridized carbons (Fsp3) is 0.167. The van der Waals surface area contributed by atoms with Gasteiger partial charge >= 0.3 is 0 Å². The Hall–Kier alpha value is -1.52. The van der Waals surface area contributed by atoms with Gasteiger partial charge in [0.05, 0.1) is 5.69 Å². The molecule has 0 atom stereocenters. The van der Waals surface area contributed by atoms with Gasteiger partial charge in [-0.1, -0.05) is 23.2 Å². The Morgan fingerprint density at radius 3 is 2.33 bits per heavy atom. The van der Waals surface area contributed by atoms with Crippen molar-refractivity contribution < 1.29 is 4.79 Å².